The van der Waals surface area contributed by atoms with Gasteiger partial charge in [0.2, 0.25) is 0 Å². The van der Waals surface area contributed by atoms with Crippen LogP contribution in [0.3, 0.4) is 0 Å². The number of hydrogen-bond acceptors (Lipinski definition) is 5. The van der Waals surface area contributed by atoms with Gasteiger partial charge in [0.1, 0.15) is 11.6 Å². The molecule has 0 bridgehead atoms. The Morgan fingerprint density at radius 1 is 1.21 bits per heavy atom. The SMILES string of the molecule is OC[C@H]1CCC[C@@H](n2ccnc2-c2cccc(OCCCN3CCOCC3)c2)C1. The quantitative estimate of drug-likeness (QED) is 0.690. The highest BCUT2D eigenvalue weighted by Crippen LogP contribution is 2.35. The molecule has 2 aliphatic rings. The number of hydrogen-bond donors (Lipinski definition) is 1. The maximum absolute atomic E-state index is 9.56. The molecule has 158 valence electrons. The maximum Gasteiger partial charge on any atom is 0.140 e. The molecule has 1 saturated heterocycles. The molecule has 0 radical (unpaired) electrons. The van der Waals surface area contributed by atoms with Crippen molar-refractivity contribution in [3.8, 4) is 17.1 Å². The van der Waals surface area contributed by atoms with Crippen LogP contribution in [0.25, 0.3) is 11.4 Å². The Bertz CT molecular complexity index is 757. The minimum Gasteiger partial charge on any atom is -0.494 e. The number of ether oxygens (including phenoxy) is 2. The maximum atomic E-state index is 9.56. The van der Waals surface area contributed by atoms with Crippen LogP contribution in [0.5, 0.6) is 5.75 Å². The summed E-state index contributed by atoms with van der Waals surface area (Å²) in [6, 6.07) is 8.68. The first kappa shape index (κ1) is 20.4. The summed E-state index contributed by atoms with van der Waals surface area (Å²) in [5, 5.41) is 9.56. The molecule has 29 heavy (non-hydrogen) atoms. The van der Waals surface area contributed by atoms with Gasteiger partial charge in [0, 0.05) is 50.2 Å². The van der Waals surface area contributed by atoms with Gasteiger partial charge >= 0.3 is 0 Å². The fourth-order valence-corrected chi connectivity index (χ4v) is 4.54. The van der Waals surface area contributed by atoms with Crippen molar-refractivity contribution in [2.24, 2.45) is 5.92 Å². The highest BCUT2D eigenvalue weighted by atomic mass is 16.5. The highest BCUT2D eigenvalue weighted by Gasteiger charge is 2.24. The number of imidazole rings is 1. The molecule has 1 aliphatic heterocycles. The van der Waals surface area contributed by atoms with Gasteiger partial charge < -0.3 is 19.1 Å². The molecule has 0 amide bonds. The second-order valence-corrected chi connectivity index (χ2v) is 8.21. The topological polar surface area (TPSA) is 59.8 Å². The summed E-state index contributed by atoms with van der Waals surface area (Å²) in [6.45, 7) is 5.80. The number of benzene rings is 1. The second kappa shape index (κ2) is 10.2. The van der Waals surface area contributed by atoms with Gasteiger partial charge in [-0.2, -0.15) is 0 Å². The van der Waals surface area contributed by atoms with Crippen LogP contribution < -0.4 is 4.74 Å². The van der Waals surface area contributed by atoms with E-state index in [2.05, 4.69) is 32.8 Å². The van der Waals surface area contributed by atoms with Crippen LogP contribution in [-0.4, -0.2) is 65.6 Å². The Balaban J connectivity index is 1.36. The molecule has 1 saturated carbocycles. The first-order valence-corrected chi connectivity index (χ1v) is 11.0. The van der Waals surface area contributed by atoms with E-state index >= 15 is 0 Å². The normalized spacial score (nSPS) is 23.2. The molecule has 0 unspecified atom stereocenters. The van der Waals surface area contributed by atoms with Gasteiger partial charge in [0.25, 0.3) is 0 Å². The molecule has 1 N–H and O–H groups in total. The van der Waals surface area contributed by atoms with E-state index in [-0.39, 0.29) is 6.61 Å². The Morgan fingerprint density at radius 3 is 2.97 bits per heavy atom. The van der Waals surface area contributed by atoms with E-state index in [0.717, 1.165) is 82.3 Å². The summed E-state index contributed by atoms with van der Waals surface area (Å²) in [6.07, 6.45) is 9.45. The van der Waals surface area contributed by atoms with Crippen molar-refractivity contribution in [2.75, 3.05) is 46.1 Å². The van der Waals surface area contributed by atoms with Crippen molar-refractivity contribution in [3.63, 3.8) is 0 Å². The predicted molar refractivity (Wildman–Crippen MR) is 113 cm³/mol. The van der Waals surface area contributed by atoms with E-state index in [4.69, 9.17) is 9.47 Å². The molecule has 2 aromatic rings. The number of nitrogens with zero attached hydrogens (tertiary/aromatic N) is 3. The Labute approximate surface area is 173 Å². The molecule has 2 atom stereocenters. The van der Waals surface area contributed by atoms with Crippen molar-refractivity contribution in [2.45, 2.75) is 38.1 Å². The molecule has 1 aliphatic carbocycles. The summed E-state index contributed by atoms with van der Waals surface area (Å²) in [4.78, 5) is 7.07. The summed E-state index contributed by atoms with van der Waals surface area (Å²) in [5.41, 5.74) is 1.09. The largest absolute Gasteiger partial charge is 0.494 e. The molecule has 1 aromatic carbocycles. The standard InChI is InChI=1S/C23H33N3O3/c27-18-19-4-1-6-21(16-19)26-10-8-24-23(26)20-5-2-7-22(17-20)29-13-3-9-25-11-14-28-15-12-25/h2,5,7-8,10,17,19,21,27H,1,3-4,6,9,11-16,18H2/t19-,21+/m0/s1. The zero-order chi connectivity index (χ0) is 19.9. The summed E-state index contributed by atoms with van der Waals surface area (Å²) >= 11 is 0. The van der Waals surface area contributed by atoms with E-state index in [1.165, 1.54) is 6.42 Å². The third kappa shape index (κ3) is 5.38. The van der Waals surface area contributed by atoms with E-state index in [9.17, 15) is 5.11 Å². The average molecular weight is 400 g/mol. The lowest BCUT2D eigenvalue weighted by Crippen LogP contribution is -2.37. The van der Waals surface area contributed by atoms with Crippen LogP contribution >= 0.6 is 0 Å². The molecule has 2 heterocycles. The average Bonchev–Trinajstić information content (AvgIpc) is 3.28. The van der Waals surface area contributed by atoms with Gasteiger partial charge in [0.05, 0.1) is 19.8 Å². The smallest absolute Gasteiger partial charge is 0.140 e. The third-order valence-electron chi connectivity index (χ3n) is 6.16. The van der Waals surface area contributed by atoms with Gasteiger partial charge in [-0.3, -0.25) is 4.90 Å². The highest BCUT2D eigenvalue weighted by molar-refractivity contribution is 5.58. The van der Waals surface area contributed by atoms with E-state index in [0.29, 0.717) is 12.0 Å². The molecule has 1 aromatic heterocycles. The lowest BCUT2D eigenvalue weighted by atomic mass is 9.86. The van der Waals surface area contributed by atoms with Gasteiger partial charge in [0.15, 0.2) is 0 Å². The lowest BCUT2D eigenvalue weighted by molar-refractivity contribution is 0.0358. The zero-order valence-electron chi connectivity index (χ0n) is 17.2. The Morgan fingerprint density at radius 2 is 2.10 bits per heavy atom. The van der Waals surface area contributed by atoms with E-state index in [1.54, 1.807) is 0 Å². The minimum atomic E-state index is 0.286. The van der Waals surface area contributed by atoms with Crippen LogP contribution in [0.4, 0.5) is 0 Å². The Hall–Kier alpha value is -1.89. The number of morpholine rings is 1. The van der Waals surface area contributed by atoms with Gasteiger partial charge in [-0.1, -0.05) is 18.6 Å². The number of aliphatic hydroxyl groups is 1. The van der Waals surface area contributed by atoms with E-state index < -0.39 is 0 Å². The molecule has 0 spiro atoms. The number of rotatable bonds is 8. The van der Waals surface area contributed by atoms with Crippen molar-refractivity contribution in [1.82, 2.24) is 14.5 Å². The van der Waals surface area contributed by atoms with Crippen LogP contribution in [0.1, 0.15) is 38.1 Å². The molecular formula is C23H33N3O3. The van der Waals surface area contributed by atoms with Crippen LogP contribution in [0, 0.1) is 5.92 Å². The molecular weight excluding hydrogens is 366 g/mol. The fourth-order valence-electron chi connectivity index (χ4n) is 4.54. The first-order chi connectivity index (χ1) is 14.3. The van der Waals surface area contributed by atoms with Crippen molar-refractivity contribution >= 4 is 0 Å². The third-order valence-corrected chi connectivity index (χ3v) is 6.16. The van der Waals surface area contributed by atoms with Crippen molar-refractivity contribution < 1.29 is 14.6 Å². The molecule has 6 heteroatoms. The lowest BCUT2D eigenvalue weighted by Gasteiger charge is -2.30. The summed E-state index contributed by atoms with van der Waals surface area (Å²) in [7, 11) is 0. The van der Waals surface area contributed by atoms with Crippen LogP contribution in [0.15, 0.2) is 36.7 Å². The molecule has 2 fully saturated rings. The predicted octanol–water partition coefficient (Wildman–Crippen LogP) is 3.37. The van der Waals surface area contributed by atoms with Gasteiger partial charge in [-0.15, -0.1) is 0 Å². The Kier molecular flexibility index (Phi) is 7.19. The van der Waals surface area contributed by atoms with Crippen LogP contribution in [0.2, 0.25) is 0 Å². The van der Waals surface area contributed by atoms with Gasteiger partial charge in [-0.05, 0) is 43.7 Å². The monoisotopic (exact) mass is 399 g/mol. The fraction of sp³-hybridized carbons (Fsp3) is 0.609. The van der Waals surface area contributed by atoms with E-state index in [1.807, 2.05) is 18.3 Å². The summed E-state index contributed by atoms with van der Waals surface area (Å²) in [5.74, 6) is 2.30. The number of aromatic nitrogens is 2. The van der Waals surface area contributed by atoms with Gasteiger partial charge in [-0.25, -0.2) is 4.98 Å². The second-order valence-electron chi connectivity index (χ2n) is 8.21. The zero-order valence-corrected chi connectivity index (χ0v) is 17.2. The minimum absolute atomic E-state index is 0.286. The summed E-state index contributed by atoms with van der Waals surface area (Å²) < 4.78 is 13.7. The molecule has 4 rings (SSSR count). The number of aliphatic hydroxyl groups excluding tert-OH is 1. The van der Waals surface area contributed by atoms with Crippen LogP contribution in [-0.2, 0) is 4.74 Å². The molecule has 6 nitrogen and oxygen atoms in total. The van der Waals surface area contributed by atoms with Crippen molar-refractivity contribution in [1.29, 1.82) is 0 Å². The first-order valence-electron chi connectivity index (χ1n) is 11.0. The van der Waals surface area contributed by atoms with Crippen molar-refractivity contribution in [3.05, 3.63) is 36.7 Å².